The molecule has 0 saturated heterocycles. The number of aliphatic hydroxyl groups is 3. The van der Waals surface area contributed by atoms with Crippen molar-refractivity contribution >= 4 is 0 Å². The van der Waals surface area contributed by atoms with Gasteiger partial charge in [-0.1, -0.05) is 0 Å². The summed E-state index contributed by atoms with van der Waals surface area (Å²) in [6, 6.07) is 0. The fraction of sp³-hybridized carbons (Fsp3) is 1.00. The van der Waals surface area contributed by atoms with Crippen molar-refractivity contribution in [2.75, 3.05) is 60.0 Å². The minimum Gasteiger partial charge on any atom is -0.394 e. The van der Waals surface area contributed by atoms with Gasteiger partial charge in [0, 0.05) is 7.11 Å². The quantitative estimate of drug-likeness (QED) is 0.420. The van der Waals surface area contributed by atoms with Crippen LogP contribution in [0.15, 0.2) is 0 Å². The van der Waals surface area contributed by atoms with E-state index in [9.17, 15) is 0 Å². The fourth-order valence-electron chi connectivity index (χ4n) is 0.540. The molecule has 0 bridgehead atoms. The Morgan fingerprint density at radius 3 is 1.40 bits per heavy atom. The van der Waals surface area contributed by atoms with Gasteiger partial charge in [-0.2, -0.15) is 0 Å². The molecule has 6 heteroatoms. The predicted molar refractivity (Wildman–Crippen MR) is 54.8 cm³/mol. The van der Waals surface area contributed by atoms with Gasteiger partial charge >= 0.3 is 0 Å². The Hall–Kier alpha value is -0.240. The van der Waals surface area contributed by atoms with Crippen molar-refractivity contribution in [1.29, 1.82) is 0 Å². The van der Waals surface area contributed by atoms with E-state index in [1.165, 1.54) is 0 Å². The first-order valence-corrected chi connectivity index (χ1v) is 4.80. The number of rotatable bonds is 9. The number of hydrogen-bond donors (Lipinski definition) is 3. The predicted octanol–water partition coefficient (Wildman–Crippen LogP) is -1.37. The number of methoxy groups -OCH3 is 1. The first-order chi connectivity index (χ1) is 7.33. The Morgan fingerprint density at radius 1 is 0.667 bits per heavy atom. The molecule has 0 aliphatic rings. The summed E-state index contributed by atoms with van der Waals surface area (Å²) in [5.74, 6) is 0. The molecule has 0 radical (unpaired) electrons. The van der Waals surface area contributed by atoms with Gasteiger partial charge in [0.25, 0.3) is 0 Å². The minimum absolute atomic E-state index is 0.0278. The average Bonchev–Trinajstić information content (AvgIpc) is 2.26. The van der Waals surface area contributed by atoms with Crippen molar-refractivity contribution in [1.82, 2.24) is 0 Å². The second-order valence-electron chi connectivity index (χ2n) is 2.39. The molecule has 0 rings (SSSR count). The molecule has 3 N–H and O–H groups in total. The van der Waals surface area contributed by atoms with Crippen LogP contribution in [0.25, 0.3) is 0 Å². The molecular formula is C9H22O6. The van der Waals surface area contributed by atoms with Gasteiger partial charge in [-0.25, -0.2) is 0 Å². The molecule has 0 aromatic heterocycles. The van der Waals surface area contributed by atoms with Gasteiger partial charge in [0.2, 0.25) is 0 Å². The highest BCUT2D eigenvalue weighted by Gasteiger charge is 1.82. The first-order valence-electron chi connectivity index (χ1n) is 4.80. The third kappa shape index (κ3) is 24.8. The van der Waals surface area contributed by atoms with Crippen LogP contribution in [-0.2, 0) is 14.2 Å². The van der Waals surface area contributed by atoms with E-state index in [4.69, 9.17) is 20.1 Å². The van der Waals surface area contributed by atoms with Crippen molar-refractivity contribution in [2.45, 2.75) is 0 Å². The van der Waals surface area contributed by atoms with Crippen molar-refractivity contribution in [3.8, 4) is 0 Å². The Bertz CT molecular complexity index is 80.7. The second-order valence-corrected chi connectivity index (χ2v) is 2.39. The Balaban J connectivity index is 0. The van der Waals surface area contributed by atoms with Crippen molar-refractivity contribution in [3.05, 3.63) is 0 Å². The third-order valence-electron chi connectivity index (χ3n) is 1.14. The Morgan fingerprint density at radius 2 is 1.07 bits per heavy atom. The summed E-state index contributed by atoms with van der Waals surface area (Å²) in [4.78, 5) is 0. The lowest BCUT2D eigenvalue weighted by molar-refractivity contribution is 0.0500. The molecule has 0 aromatic rings. The van der Waals surface area contributed by atoms with Crippen LogP contribution in [0.2, 0.25) is 0 Å². The van der Waals surface area contributed by atoms with Crippen LogP contribution >= 0.6 is 0 Å². The lowest BCUT2D eigenvalue weighted by Gasteiger charge is -1.98. The second kappa shape index (κ2) is 19.4. The maximum atomic E-state index is 8.20. The zero-order valence-electron chi connectivity index (χ0n) is 9.22. The summed E-state index contributed by atoms with van der Waals surface area (Å²) >= 11 is 0. The maximum Gasteiger partial charge on any atom is 0.0701 e. The normalized spacial score (nSPS) is 9.60. The van der Waals surface area contributed by atoms with Crippen LogP contribution in [0.1, 0.15) is 0 Å². The van der Waals surface area contributed by atoms with Gasteiger partial charge in [-0.05, 0) is 0 Å². The smallest absolute Gasteiger partial charge is 0.0701 e. The minimum atomic E-state index is 0.0278. The van der Waals surface area contributed by atoms with E-state index in [2.05, 4.69) is 9.47 Å². The number of hydrogen-bond acceptors (Lipinski definition) is 6. The molecule has 0 unspecified atom stereocenters. The fourth-order valence-corrected chi connectivity index (χ4v) is 0.540. The number of aliphatic hydroxyl groups excluding tert-OH is 3. The monoisotopic (exact) mass is 226 g/mol. The zero-order valence-corrected chi connectivity index (χ0v) is 9.22. The molecule has 0 spiro atoms. The highest BCUT2D eigenvalue weighted by atomic mass is 16.5. The third-order valence-corrected chi connectivity index (χ3v) is 1.14. The molecule has 94 valence electrons. The van der Waals surface area contributed by atoms with Crippen LogP contribution in [0.3, 0.4) is 0 Å². The molecule has 0 aliphatic carbocycles. The summed E-state index contributed by atoms with van der Waals surface area (Å²) in [5.41, 5.74) is 0. The van der Waals surface area contributed by atoms with Crippen LogP contribution < -0.4 is 0 Å². The van der Waals surface area contributed by atoms with Crippen molar-refractivity contribution in [3.63, 3.8) is 0 Å². The molecule has 15 heavy (non-hydrogen) atoms. The molecule has 0 saturated carbocycles. The summed E-state index contributed by atoms with van der Waals surface area (Å²) in [6.07, 6.45) is 0. The Kier molecular flexibility index (Phi) is 22.1. The van der Waals surface area contributed by atoms with Crippen molar-refractivity contribution < 1.29 is 29.5 Å². The largest absolute Gasteiger partial charge is 0.394 e. The van der Waals surface area contributed by atoms with Gasteiger partial charge in [-0.3, -0.25) is 0 Å². The highest BCUT2D eigenvalue weighted by molar-refractivity contribution is 4.26. The SMILES string of the molecule is COCCOCCO.OCCOCCO. The highest BCUT2D eigenvalue weighted by Crippen LogP contribution is 1.72. The van der Waals surface area contributed by atoms with Gasteiger partial charge < -0.3 is 29.5 Å². The van der Waals surface area contributed by atoms with Crippen LogP contribution in [0, 0.1) is 0 Å². The molecule has 0 aliphatic heterocycles. The molecule has 0 heterocycles. The summed E-state index contributed by atoms with van der Waals surface area (Å²) in [6.45, 7) is 2.35. The Labute approximate surface area is 90.4 Å². The van der Waals surface area contributed by atoms with E-state index >= 15 is 0 Å². The lowest BCUT2D eigenvalue weighted by Crippen LogP contribution is -2.05. The molecule has 0 aromatic carbocycles. The average molecular weight is 226 g/mol. The van der Waals surface area contributed by atoms with Crippen LogP contribution in [0.5, 0.6) is 0 Å². The van der Waals surface area contributed by atoms with E-state index in [1.807, 2.05) is 0 Å². The molecule has 0 atom stereocenters. The molecule has 6 nitrogen and oxygen atoms in total. The van der Waals surface area contributed by atoms with Crippen LogP contribution in [0.4, 0.5) is 0 Å². The van der Waals surface area contributed by atoms with E-state index in [1.54, 1.807) is 7.11 Å². The van der Waals surface area contributed by atoms with E-state index < -0.39 is 0 Å². The van der Waals surface area contributed by atoms with E-state index in [0.717, 1.165) is 0 Å². The zero-order chi connectivity index (χ0) is 11.8. The maximum absolute atomic E-state index is 8.20. The first kappa shape index (κ1) is 17.2. The van der Waals surface area contributed by atoms with Gasteiger partial charge in [0.1, 0.15) is 0 Å². The van der Waals surface area contributed by atoms with E-state index in [0.29, 0.717) is 33.0 Å². The van der Waals surface area contributed by atoms with Crippen LogP contribution in [-0.4, -0.2) is 75.3 Å². The van der Waals surface area contributed by atoms with Gasteiger partial charge in [0.05, 0.1) is 52.9 Å². The topological polar surface area (TPSA) is 88.4 Å². The van der Waals surface area contributed by atoms with Gasteiger partial charge in [0.15, 0.2) is 0 Å². The lowest BCUT2D eigenvalue weighted by atomic mass is 10.7. The summed E-state index contributed by atoms with van der Waals surface area (Å²) in [7, 11) is 1.61. The van der Waals surface area contributed by atoms with E-state index in [-0.39, 0.29) is 19.8 Å². The summed E-state index contributed by atoms with van der Waals surface area (Å²) < 4.78 is 14.2. The number of ether oxygens (including phenoxy) is 3. The molecule has 0 fully saturated rings. The van der Waals surface area contributed by atoms with Crippen molar-refractivity contribution in [2.24, 2.45) is 0 Å². The van der Waals surface area contributed by atoms with Gasteiger partial charge in [-0.15, -0.1) is 0 Å². The summed E-state index contributed by atoms with van der Waals surface area (Å²) in [5, 5.41) is 24.4. The standard InChI is InChI=1S/C5H12O3.C4H10O3/c1-7-4-5-8-3-2-6;5-1-3-7-4-2-6/h6H,2-5H2,1H3;5-6H,1-4H2. The molecular weight excluding hydrogens is 204 g/mol. The molecule has 0 amide bonds.